The first-order chi connectivity index (χ1) is 12.0. The topological polar surface area (TPSA) is 70.2 Å². The zero-order valence-electron chi connectivity index (χ0n) is 14.5. The number of likely N-dealkylation sites (tertiary alicyclic amines) is 1. The van der Waals surface area contributed by atoms with Gasteiger partial charge in [0.2, 0.25) is 5.91 Å². The van der Waals surface area contributed by atoms with Crippen LogP contribution in [0.5, 0.6) is 0 Å². The van der Waals surface area contributed by atoms with E-state index in [4.69, 9.17) is 4.74 Å². The van der Waals surface area contributed by atoms with Crippen molar-refractivity contribution in [1.82, 2.24) is 14.1 Å². The number of carbonyl (C=O) groups is 1. The van der Waals surface area contributed by atoms with Gasteiger partial charge in [-0.15, -0.1) is 11.3 Å². The second-order valence-electron chi connectivity index (χ2n) is 6.35. The third kappa shape index (κ3) is 4.06. The van der Waals surface area contributed by atoms with Crippen molar-refractivity contribution >= 4 is 27.3 Å². The van der Waals surface area contributed by atoms with Gasteiger partial charge < -0.3 is 9.64 Å². The monoisotopic (exact) mass is 387 g/mol. The summed E-state index contributed by atoms with van der Waals surface area (Å²) < 4.78 is 32.4. The van der Waals surface area contributed by atoms with Crippen LogP contribution in [0, 0.1) is 0 Å². The number of sulfonamides is 1. The Kier molecular flexibility index (Phi) is 6.11. The molecule has 0 N–H and O–H groups in total. The van der Waals surface area contributed by atoms with Gasteiger partial charge in [-0.3, -0.25) is 9.69 Å². The highest BCUT2D eigenvalue weighted by Crippen LogP contribution is 2.24. The standard InChI is InChI=1S/C16H25N3O4S2/c1-23-12-11-18-8-5-14(16(18)20)17-6-3-7-19(10-9-17)25(21,22)15-4-2-13-24-15/h2,4,13-14H,3,5-12H2,1H3. The van der Waals surface area contributed by atoms with Gasteiger partial charge in [0.15, 0.2) is 0 Å². The van der Waals surface area contributed by atoms with Gasteiger partial charge in [-0.25, -0.2) is 8.42 Å². The predicted octanol–water partition coefficient (Wildman–Crippen LogP) is 0.692. The van der Waals surface area contributed by atoms with E-state index in [-0.39, 0.29) is 11.9 Å². The maximum Gasteiger partial charge on any atom is 0.252 e. The van der Waals surface area contributed by atoms with E-state index < -0.39 is 10.0 Å². The number of ether oxygens (including phenoxy) is 1. The summed E-state index contributed by atoms with van der Waals surface area (Å²) in [5.41, 5.74) is 0. The molecule has 0 spiro atoms. The van der Waals surface area contributed by atoms with Gasteiger partial charge in [-0.05, 0) is 24.3 Å². The first kappa shape index (κ1) is 18.8. The van der Waals surface area contributed by atoms with Gasteiger partial charge in [-0.2, -0.15) is 4.31 Å². The van der Waals surface area contributed by atoms with E-state index in [0.717, 1.165) is 25.9 Å². The van der Waals surface area contributed by atoms with Gasteiger partial charge in [0, 0.05) is 46.4 Å². The minimum absolute atomic E-state index is 0.124. The Labute approximate surface area is 153 Å². The summed E-state index contributed by atoms with van der Waals surface area (Å²) in [6.07, 6.45) is 1.55. The summed E-state index contributed by atoms with van der Waals surface area (Å²) in [4.78, 5) is 16.6. The fourth-order valence-corrected chi connectivity index (χ4v) is 6.10. The van der Waals surface area contributed by atoms with E-state index in [9.17, 15) is 13.2 Å². The van der Waals surface area contributed by atoms with Crippen LogP contribution in [0.25, 0.3) is 0 Å². The fourth-order valence-electron chi connectivity index (χ4n) is 3.49. The van der Waals surface area contributed by atoms with Crippen molar-refractivity contribution < 1.29 is 17.9 Å². The van der Waals surface area contributed by atoms with Crippen LogP contribution in [0.4, 0.5) is 0 Å². The number of thiophene rings is 1. The van der Waals surface area contributed by atoms with Crippen LogP contribution in [0.3, 0.4) is 0 Å². The lowest BCUT2D eigenvalue weighted by molar-refractivity contribution is -0.132. The lowest BCUT2D eigenvalue weighted by atomic mass is 10.2. The van der Waals surface area contributed by atoms with E-state index in [2.05, 4.69) is 4.90 Å². The fraction of sp³-hybridized carbons (Fsp3) is 0.688. The molecule has 25 heavy (non-hydrogen) atoms. The number of hydrogen-bond acceptors (Lipinski definition) is 6. The normalized spacial score (nSPS) is 24.0. The lowest BCUT2D eigenvalue weighted by Gasteiger charge is -2.26. The zero-order chi connectivity index (χ0) is 17.9. The van der Waals surface area contributed by atoms with Crippen LogP contribution < -0.4 is 0 Å². The van der Waals surface area contributed by atoms with Crippen molar-refractivity contribution in [1.29, 1.82) is 0 Å². The molecule has 1 atom stereocenters. The highest BCUT2D eigenvalue weighted by atomic mass is 32.2. The van der Waals surface area contributed by atoms with E-state index in [1.165, 1.54) is 11.3 Å². The smallest absolute Gasteiger partial charge is 0.252 e. The van der Waals surface area contributed by atoms with Crippen LogP contribution in [-0.2, 0) is 19.6 Å². The van der Waals surface area contributed by atoms with Crippen molar-refractivity contribution in [3.63, 3.8) is 0 Å². The molecule has 0 aliphatic carbocycles. The molecule has 0 saturated carbocycles. The predicted molar refractivity (Wildman–Crippen MR) is 96.1 cm³/mol. The maximum atomic E-state index is 12.7. The number of amides is 1. The van der Waals surface area contributed by atoms with E-state index in [1.54, 1.807) is 28.9 Å². The van der Waals surface area contributed by atoms with Gasteiger partial charge in [0.25, 0.3) is 10.0 Å². The molecule has 0 aromatic carbocycles. The molecule has 3 heterocycles. The van der Waals surface area contributed by atoms with E-state index in [0.29, 0.717) is 37.0 Å². The lowest BCUT2D eigenvalue weighted by Crippen LogP contribution is -2.44. The molecule has 1 unspecified atom stereocenters. The molecule has 1 aromatic heterocycles. The molecule has 1 amide bonds. The number of nitrogens with zero attached hydrogens (tertiary/aromatic N) is 3. The van der Waals surface area contributed by atoms with Crippen molar-refractivity contribution in [3.05, 3.63) is 17.5 Å². The molecule has 0 radical (unpaired) electrons. The Bertz CT molecular complexity index is 678. The van der Waals surface area contributed by atoms with Gasteiger partial charge in [0.05, 0.1) is 12.6 Å². The third-order valence-electron chi connectivity index (χ3n) is 4.85. The summed E-state index contributed by atoms with van der Waals surface area (Å²) in [7, 11) is -1.78. The molecular weight excluding hydrogens is 362 g/mol. The molecule has 2 aliphatic rings. The summed E-state index contributed by atoms with van der Waals surface area (Å²) in [5.74, 6) is 0.145. The van der Waals surface area contributed by atoms with Crippen molar-refractivity contribution in [2.24, 2.45) is 0 Å². The second kappa shape index (κ2) is 8.13. The molecule has 140 valence electrons. The average molecular weight is 388 g/mol. The SMILES string of the molecule is COCCN1CCC(N2CCCN(S(=O)(=O)c3cccs3)CC2)C1=O. The van der Waals surface area contributed by atoms with Crippen LogP contribution in [0.15, 0.2) is 21.7 Å². The summed E-state index contributed by atoms with van der Waals surface area (Å²) in [6.45, 7) is 4.21. The van der Waals surface area contributed by atoms with Gasteiger partial charge in [0.1, 0.15) is 4.21 Å². The highest BCUT2D eigenvalue weighted by Gasteiger charge is 2.37. The van der Waals surface area contributed by atoms with E-state index >= 15 is 0 Å². The van der Waals surface area contributed by atoms with Gasteiger partial charge in [-0.1, -0.05) is 6.07 Å². The molecule has 9 heteroatoms. The zero-order valence-corrected chi connectivity index (χ0v) is 16.1. The third-order valence-corrected chi connectivity index (χ3v) is 8.13. The quantitative estimate of drug-likeness (QED) is 0.718. The van der Waals surface area contributed by atoms with Crippen LogP contribution in [0.2, 0.25) is 0 Å². The Balaban J connectivity index is 1.62. The Hall–Kier alpha value is -1.00. The molecule has 7 nitrogen and oxygen atoms in total. The van der Waals surface area contributed by atoms with Crippen molar-refractivity contribution in [2.75, 3.05) is 53.0 Å². The molecule has 1 aromatic rings. The maximum absolute atomic E-state index is 12.7. The molecular formula is C16H25N3O4S2. The van der Waals surface area contributed by atoms with Crippen molar-refractivity contribution in [3.8, 4) is 0 Å². The van der Waals surface area contributed by atoms with Crippen LogP contribution in [-0.4, -0.2) is 87.5 Å². The number of methoxy groups -OCH3 is 1. The summed E-state index contributed by atoms with van der Waals surface area (Å²) in [6, 6.07) is 3.28. The Morgan fingerprint density at radius 3 is 2.80 bits per heavy atom. The molecule has 2 saturated heterocycles. The van der Waals surface area contributed by atoms with Crippen LogP contribution >= 0.6 is 11.3 Å². The second-order valence-corrected chi connectivity index (χ2v) is 9.46. The summed E-state index contributed by atoms with van der Waals surface area (Å²) >= 11 is 1.25. The Morgan fingerprint density at radius 1 is 1.24 bits per heavy atom. The minimum atomic E-state index is -3.41. The number of carbonyl (C=O) groups excluding carboxylic acids is 1. The first-order valence-corrected chi connectivity index (χ1v) is 10.9. The summed E-state index contributed by atoms with van der Waals surface area (Å²) in [5, 5.41) is 1.78. The average Bonchev–Trinajstić information content (AvgIpc) is 3.18. The van der Waals surface area contributed by atoms with E-state index in [1.807, 2.05) is 4.90 Å². The number of rotatable bonds is 6. The minimum Gasteiger partial charge on any atom is -0.383 e. The number of hydrogen-bond donors (Lipinski definition) is 0. The molecule has 3 rings (SSSR count). The first-order valence-electron chi connectivity index (χ1n) is 8.59. The Morgan fingerprint density at radius 2 is 2.08 bits per heavy atom. The van der Waals surface area contributed by atoms with Crippen molar-refractivity contribution in [2.45, 2.75) is 23.1 Å². The van der Waals surface area contributed by atoms with Crippen LogP contribution in [0.1, 0.15) is 12.8 Å². The largest absolute Gasteiger partial charge is 0.383 e. The molecule has 2 fully saturated rings. The highest BCUT2D eigenvalue weighted by molar-refractivity contribution is 7.91. The molecule has 2 aliphatic heterocycles. The molecule has 0 bridgehead atoms. The van der Waals surface area contributed by atoms with Gasteiger partial charge >= 0.3 is 0 Å².